The molecule has 0 radical (unpaired) electrons. The van der Waals surface area contributed by atoms with Gasteiger partial charge in [-0.05, 0) is 37.1 Å². The molecule has 2 aromatic heterocycles. The standard InChI is InChI=1S/C13H14ClN3/c1-9-5-6-15-13(14)12(9)17-8-11-4-3-10(2)16-7-11/h3-7,17H,8H2,1-2H3. The number of hydrogen-bond donors (Lipinski definition) is 1. The lowest BCUT2D eigenvalue weighted by Crippen LogP contribution is -2.03. The molecule has 3 nitrogen and oxygen atoms in total. The summed E-state index contributed by atoms with van der Waals surface area (Å²) in [5.74, 6) is 0. The molecular formula is C13H14ClN3. The van der Waals surface area contributed by atoms with E-state index in [2.05, 4.69) is 21.4 Å². The Hall–Kier alpha value is -1.61. The van der Waals surface area contributed by atoms with Crippen molar-refractivity contribution in [2.24, 2.45) is 0 Å². The van der Waals surface area contributed by atoms with Gasteiger partial charge in [-0.3, -0.25) is 4.98 Å². The Labute approximate surface area is 106 Å². The van der Waals surface area contributed by atoms with Crippen LogP contribution in [0, 0.1) is 13.8 Å². The van der Waals surface area contributed by atoms with Crippen molar-refractivity contribution in [1.82, 2.24) is 9.97 Å². The number of anilines is 1. The van der Waals surface area contributed by atoms with Crippen LogP contribution in [0.2, 0.25) is 5.15 Å². The van der Waals surface area contributed by atoms with Crippen LogP contribution in [0.25, 0.3) is 0 Å². The molecule has 0 spiro atoms. The van der Waals surface area contributed by atoms with Crippen LogP contribution >= 0.6 is 11.6 Å². The number of halogens is 1. The van der Waals surface area contributed by atoms with Gasteiger partial charge in [0.1, 0.15) is 0 Å². The highest BCUT2D eigenvalue weighted by Crippen LogP contribution is 2.23. The zero-order chi connectivity index (χ0) is 12.3. The monoisotopic (exact) mass is 247 g/mol. The van der Waals surface area contributed by atoms with Crippen molar-refractivity contribution >= 4 is 17.3 Å². The van der Waals surface area contributed by atoms with Crippen LogP contribution < -0.4 is 5.32 Å². The highest BCUT2D eigenvalue weighted by molar-refractivity contribution is 6.32. The average Bonchev–Trinajstić information content (AvgIpc) is 2.31. The SMILES string of the molecule is Cc1ccc(CNc2c(C)ccnc2Cl)cn1. The molecule has 0 fully saturated rings. The van der Waals surface area contributed by atoms with E-state index in [4.69, 9.17) is 11.6 Å². The lowest BCUT2D eigenvalue weighted by molar-refractivity contribution is 1.08. The molecule has 2 rings (SSSR count). The number of aromatic nitrogens is 2. The van der Waals surface area contributed by atoms with Crippen LogP contribution in [-0.2, 0) is 6.54 Å². The van der Waals surface area contributed by atoms with Crippen molar-refractivity contribution in [3.05, 3.63) is 52.6 Å². The number of hydrogen-bond acceptors (Lipinski definition) is 3. The first kappa shape index (κ1) is 11.9. The zero-order valence-electron chi connectivity index (χ0n) is 9.87. The van der Waals surface area contributed by atoms with Crippen LogP contribution in [0.15, 0.2) is 30.6 Å². The van der Waals surface area contributed by atoms with Crippen molar-refractivity contribution in [2.75, 3.05) is 5.32 Å². The smallest absolute Gasteiger partial charge is 0.152 e. The van der Waals surface area contributed by atoms with E-state index in [0.29, 0.717) is 11.7 Å². The quantitative estimate of drug-likeness (QED) is 0.846. The summed E-state index contributed by atoms with van der Waals surface area (Å²) in [5.41, 5.74) is 4.11. The second kappa shape index (κ2) is 5.15. The molecular weight excluding hydrogens is 234 g/mol. The van der Waals surface area contributed by atoms with E-state index < -0.39 is 0 Å². The third kappa shape index (κ3) is 2.94. The minimum atomic E-state index is 0.505. The lowest BCUT2D eigenvalue weighted by Gasteiger charge is -2.10. The van der Waals surface area contributed by atoms with E-state index >= 15 is 0 Å². The van der Waals surface area contributed by atoms with Gasteiger partial charge in [-0.15, -0.1) is 0 Å². The number of nitrogens with one attached hydrogen (secondary N) is 1. The zero-order valence-corrected chi connectivity index (χ0v) is 10.6. The van der Waals surface area contributed by atoms with Gasteiger partial charge >= 0.3 is 0 Å². The topological polar surface area (TPSA) is 37.8 Å². The molecule has 2 aromatic rings. The first-order valence-corrected chi connectivity index (χ1v) is 5.81. The van der Waals surface area contributed by atoms with Crippen LogP contribution in [0.1, 0.15) is 16.8 Å². The van der Waals surface area contributed by atoms with Crippen molar-refractivity contribution < 1.29 is 0 Å². The summed E-state index contributed by atoms with van der Waals surface area (Å²) >= 11 is 6.03. The van der Waals surface area contributed by atoms with E-state index in [0.717, 1.165) is 22.5 Å². The molecule has 0 bridgehead atoms. The minimum absolute atomic E-state index is 0.505. The average molecular weight is 248 g/mol. The Morgan fingerprint density at radius 2 is 2.00 bits per heavy atom. The summed E-state index contributed by atoms with van der Waals surface area (Å²) < 4.78 is 0. The number of pyridine rings is 2. The van der Waals surface area contributed by atoms with Gasteiger partial charge in [0.25, 0.3) is 0 Å². The van der Waals surface area contributed by atoms with Crippen molar-refractivity contribution in [2.45, 2.75) is 20.4 Å². The Kier molecular flexibility index (Phi) is 3.59. The molecule has 88 valence electrons. The van der Waals surface area contributed by atoms with Crippen molar-refractivity contribution in [3.63, 3.8) is 0 Å². The van der Waals surface area contributed by atoms with Crippen LogP contribution in [0.3, 0.4) is 0 Å². The second-order valence-corrected chi connectivity index (χ2v) is 4.31. The molecule has 0 atom stereocenters. The van der Waals surface area contributed by atoms with Crippen LogP contribution in [-0.4, -0.2) is 9.97 Å². The van der Waals surface area contributed by atoms with Gasteiger partial charge in [0.15, 0.2) is 5.15 Å². The summed E-state index contributed by atoms with van der Waals surface area (Å²) in [4.78, 5) is 8.30. The van der Waals surface area contributed by atoms with Gasteiger partial charge in [0.05, 0.1) is 5.69 Å². The fourth-order valence-electron chi connectivity index (χ4n) is 1.53. The van der Waals surface area contributed by atoms with Gasteiger partial charge in [-0.2, -0.15) is 0 Å². The molecule has 0 aromatic carbocycles. The molecule has 4 heteroatoms. The predicted molar refractivity (Wildman–Crippen MR) is 70.3 cm³/mol. The van der Waals surface area contributed by atoms with Gasteiger partial charge in [-0.1, -0.05) is 17.7 Å². The van der Waals surface area contributed by atoms with E-state index in [-0.39, 0.29) is 0 Å². The van der Waals surface area contributed by atoms with E-state index in [1.54, 1.807) is 6.20 Å². The van der Waals surface area contributed by atoms with Gasteiger partial charge in [0, 0.05) is 24.6 Å². The normalized spacial score (nSPS) is 10.3. The summed E-state index contributed by atoms with van der Waals surface area (Å²) in [6, 6.07) is 5.98. The third-order valence-corrected chi connectivity index (χ3v) is 2.84. The summed E-state index contributed by atoms with van der Waals surface area (Å²) in [6.07, 6.45) is 3.57. The van der Waals surface area contributed by atoms with Gasteiger partial charge < -0.3 is 5.32 Å². The molecule has 0 unspecified atom stereocenters. The lowest BCUT2D eigenvalue weighted by atomic mass is 10.2. The van der Waals surface area contributed by atoms with E-state index in [1.807, 2.05) is 32.2 Å². The molecule has 0 saturated heterocycles. The molecule has 17 heavy (non-hydrogen) atoms. The summed E-state index contributed by atoms with van der Waals surface area (Å²) in [6.45, 7) is 4.67. The summed E-state index contributed by atoms with van der Waals surface area (Å²) in [7, 11) is 0. The Morgan fingerprint density at radius 1 is 1.18 bits per heavy atom. The maximum atomic E-state index is 6.03. The Bertz CT molecular complexity index is 488. The molecule has 0 amide bonds. The number of aryl methyl sites for hydroxylation is 2. The fraction of sp³-hybridized carbons (Fsp3) is 0.231. The van der Waals surface area contributed by atoms with Gasteiger partial charge in [-0.25, -0.2) is 4.98 Å². The minimum Gasteiger partial charge on any atom is -0.378 e. The van der Waals surface area contributed by atoms with Crippen LogP contribution in [0.5, 0.6) is 0 Å². The summed E-state index contributed by atoms with van der Waals surface area (Å²) in [5, 5.41) is 3.79. The van der Waals surface area contributed by atoms with Crippen molar-refractivity contribution in [3.8, 4) is 0 Å². The Balaban J connectivity index is 2.10. The first-order valence-electron chi connectivity index (χ1n) is 5.43. The molecule has 2 heterocycles. The van der Waals surface area contributed by atoms with Gasteiger partial charge in [0.2, 0.25) is 0 Å². The number of rotatable bonds is 3. The van der Waals surface area contributed by atoms with E-state index in [9.17, 15) is 0 Å². The Morgan fingerprint density at radius 3 is 2.65 bits per heavy atom. The highest BCUT2D eigenvalue weighted by atomic mass is 35.5. The maximum Gasteiger partial charge on any atom is 0.152 e. The molecule has 0 aliphatic rings. The predicted octanol–water partition coefficient (Wildman–Crippen LogP) is 3.36. The number of nitrogens with zero attached hydrogens (tertiary/aromatic N) is 2. The molecule has 1 N–H and O–H groups in total. The van der Waals surface area contributed by atoms with Crippen LogP contribution in [0.4, 0.5) is 5.69 Å². The van der Waals surface area contributed by atoms with Crippen molar-refractivity contribution in [1.29, 1.82) is 0 Å². The fourth-order valence-corrected chi connectivity index (χ4v) is 1.80. The molecule has 0 saturated carbocycles. The maximum absolute atomic E-state index is 6.03. The molecule has 0 aliphatic heterocycles. The first-order chi connectivity index (χ1) is 8.16. The molecule has 0 aliphatic carbocycles. The third-order valence-electron chi connectivity index (χ3n) is 2.55. The van der Waals surface area contributed by atoms with E-state index in [1.165, 1.54) is 0 Å². The highest BCUT2D eigenvalue weighted by Gasteiger charge is 2.04. The largest absolute Gasteiger partial charge is 0.378 e. The second-order valence-electron chi connectivity index (χ2n) is 3.96.